The van der Waals surface area contributed by atoms with Crippen LogP contribution in [0.3, 0.4) is 0 Å². The Morgan fingerprint density at radius 1 is 0.440 bits per heavy atom. The molecule has 0 spiro atoms. The first-order valence-corrected chi connectivity index (χ1v) is 34.4. The van der Waals surface area contributed by atoms with Crippen molar-refractivity contribution in [2.45, 2.75) is 341 Å². The van der Waals surface area contributed by atoms with E-state index < -0.39 is 20.0 Å². The SMILES string of the molecule is CCCCCCCCCCCC/C=C/CC/C=C/CC/C=C/C(O)C(COP(=O)(O)OCC[N+](C)(C)C)NC(=O)CCCCCCCCCCCCCCCCCCCCCCCCCCCCCCCCCCC. The fourth-order valence-corrected chi connectivity index (χ4v) is 10.7. The van der Waals surface area contributed by atoms with E-state index in [1.807, 2.05) is 27.2 Å². The number of carbonyl (C=O) groups excluding carboxylic acids is 1. The molecule has 0 heterocycles. The highest BCUT2D eigenvalue weighted by atomic mass is 31.2. The minimum atomic E-state index is -4.36. The highest BCUT2D eigenvalue weighted by molar-refractivity contribution is 7.47. The standard InChI is InChI=1S/C66H129N2O6P/c1-6-8-10-12-14-16-18-20-22-24-26-28-29-30-31-32-33-34-35-36-37-38-39-40-42-44-46-48-50-52-54-56-58-60-66(70)67-64(63-74-75(71,72)73-62-61-68(3,4)5)65(69)59-57-55-53-51-49-47-45-43-41-27-25-23-21-19-17-15-13-11-9-7-2/h41,43,49,51,57,59,64-65,69H,6-40,42,44-48,50,52-56,58,60-63H2,1-5H3,(H-,67,70,71,72)/p+1/b43-41+,51-49+,59-57+. The smallest absolute Gasteiger partial charge is 0.387 e. The number of allylic oxidation sites excluding steroid dienone is 5. The molecular formula is C66H130N2O6P+. The number of nitrogens with zero attached hydrogens (tertiary/aromatic N) is 1. The maximum Gasteiger partial charge on any atom is 0.472 e. The number of hydrogen-bond donors (Lipinski definition) is 3. The molecule has 0 saturated carbocycles. The molecule has 0 radical (unpaired) electrons. The van der Waals surface area contributed by atoms with Crippen molar-refractivity contribution in [3.05, 3.63) is 36.5 Å². The van der Waals surface area contributed by atoms with E-state index in [4.69, 9.17) is 9.05 Å². The Hall–Kier alpha value is -1.28. The molecule has 8 nitrogen and oxygen atoms in total. The molecule has 1 amide bonds. The van der Waals surface area contributed by atoms with Crippen LogP contribution in [-0.2, 0) is 18.4 Å². The normalized spacial score (nSPS) is 14.0. The molecular weight excluding hydrogens is 948 g/mol. The van der Waals surface area contributed by atoms with Gasteiger partial charge in [-0.05, 0) is 44.9 Å². The van der Waals surface area contributed by atoms with Crippen LogP contribution in [0.5, 0.6) is 0 Å². The van der Waals surface area contributed by atoms with E-state index in [2.05, 4.69) is 43.5 Å². The van der Waals surface area contributed by atoms with Gasteiger partial charge < -0.3 is 19.8 Å². The van der Waals surface area contributed by atoms with Gasteiger partial charge in [0.25, 0.3) is 0 Å². The number of rotatable bonds is 61. The first kappa shape index (κ1) is 73.7. The van der Waals surface area contributed by atoms with Gasteiger partial charge in [0.1, 0.15) is 13.2 Å². The van der Waals surface area contributed by atoms with Crippen molar-refractivity contribution in [2.75, 3.05) is 40.9 Å². The minimum Gasteiger partial charge on any atom is -0.387 e. The zero-order chi connectivity index (χ0) is 54.9. The molecule has 0 aliphatic carbocycles. The van der Waals surface area contributed by atoms with Crippen LogP contribution in [0.1, 0.15) is 328 Å². The minimum absolute atomic E-state index is 0.0553. The summed E-state index contributed by atoms with van der Waals surface area (Å²) in [7, 11) is 1.56. The lowest BCUT2D eigenvalue weighted by atomic mass is 10.0. The average Bonchev–Trinajstić information content (AvgIpc) is 3.37. The molecule has 0 aromatic carbocycles. The number of hydrogen-bond acceptors (Lipinski definition) is 5. The number of phosphoric ester groups is 1. The summed E-state index contributed by atoms with van der Waals surface area (Å²) in [6.07, 6.45) is 75.8. The molecule has 3 atom stereocenters. The Labute approximate surface area is 467 Å². The monoisotopic (exact) mass is 1080 g/mol. The number of aliphatic hydroxyl groups is 1. The maximum atomic E-state index is 13.0. The van der Waals surface area contributed by atoms with Crippen LogP contribution in [0.2, 0.25) is 0 Å². The van der Waals surface area contributed by atoms with E-state index in [0.29, 0.717) is 17.4 Å². The lowest BCUT2D eigenvalue weighted by Crippen LogP contribution is -2.45. The summed E-state index contributed by atoms with van der Waals surface area (Å²) < 4.78 is 23.7. The molecule has 444 valence electrons. The molecule has 0 aromatic rings. The molecule has 0 bridgehead atoms. The summed E-state index contributed by atoms with van der Waals surface area (Å²) in [5.41, 5.74) is 0. The summed E-state index contributed by atoms with van der Waals surface area (Å²) in [5.74, 6) is -0.184. The molecule has 0 rings (SSSR count). The number of likely N-dealkylation sites (N-methyl/N-ethyl adjacent to an activating group) is 1. The number of amides is 1. The second-order valence-electron chi connectivity index (χ2n) is 23.8. The van der Waals surface area contributed by atoms with Crippen molar-refractivity contribution < 1.29 is 32.9 Å². The van der Waals surface area contributed by atoms with Gasteiger partial charge in [-0.2, -0.15) is 0 Å². The average molecular weight is 1080 g/mol. The number of phosphoric acid groups is 1. The van der Waals surface area contributed by atoms with Crippen LogP contribution in [-0.4, -0.2) is 73.4 Å². The summed E-state index contributed by atoms with van der Waals surface area (Å²) in [4.78, 5) is 23.3. The van der Waals surface area contributed by atoms with Crippen molar-refractivity contribution in [1.82, 2.24) is 5.32 Å². The van der Waals surface area contributed by atoms with Crippen LogP contribution in [0.4, 0.5) is 0 Å². The molecule has 9 heteroatoms. The number of nitrogens with one attached hydrogen (secondary N) is 1. The van der Waals surface area contributed by atoms with Crippen LogP contribution in [0.15, 0.2) is 36.5 Å². The number of unbranched alkanes of at least 4 members (excludes halogenated alkanes) is 44. The predicted molar refractivity (Wildman–Crippen MR) is 328 cm³/mol. The summed E-state index contributed by atoms with van der Waals surface area (Å²) in [5, 5.41) is 13.9. The topological polar surface area (TPSA) is 105 Å². The van der Waals surface area contributed by atoms with Gasteiger partial charge in [-0.1, -0.05) is 314 Å². The Bertz CT molecular complexity index is 1320. The first-order valence-electron chi connectivity index (χ1n) is 32.9. The van der Waals surface area contributed by atoms with Crippen molar-refractivity contribution in [3.63, 3.8) is 0 Å². The van der Waals surface area contributed by atoms with Crippen LogP contribution in [0, 0.1) is 0 Å². The highest BCUT2D eigenvalue weighted by Crippen LogP contribution is 2.43. The van der Waals surface area contributed by atoms with Crippen LogP contribution >= 0.6 is 7.82 Å². The fraction of sp³-hybridized carbons (Fsp3) is 0.894. The summed E-state index contributed by atoms with van der Waals surface area (Å²) >= 11 is 0. The van der Waals surface area contributed by atoms with Crippen molar-refractivity contribution in [2.24, 2.45) is 0 Å². The fourth-order valence-electron chi connectivity index (χ4n) is 9.96. The lowest BCUT2D eigenvalue weighted by molar-refractivity contribution is -0.870. The zero-order valence-corrected chi connectivity index (χ0v) is 51.7. The molecule has 3 N–H and O–H groups in total. The molecule has 0 saturated heterocycles. The van der Waals surface area contributed by atoms with Gasteiger partial charge in [0, 0.05) is 6.42 Å². The van der Waals surface area contributed by atoms with Crippen LogP contribution in [0.25, 0.3) is 0 Å². The Morgan fingerprint density at radius 3 is 1.07 bits per heavy atom. The van der Waals surface area contributed by atoms with E-state index in [9.17, 15) is 19.4 Å². The Kier molecular flexibility index (Phi) is 56.4. The molecule has 0 aromatic heterocycles. The highest BCUT2D eigenvalue weighted by Gasteiger charge is 2.28. The van der Waals surface area contributed by atoms with Crippen molar-refractivity contribution in [3.8, 4) is 0 Å². The molecule has 75 heavy (non-hydrogen) atoms. The van der Waals surface area contributed by atoms with Gasteiger partial charge in [-0.15, -0.1) is 0 Å². The van der Waals surface area contributed by atoms with Gasteiger partial charge in [0.2, 0.25) is 5.91 Å². The van der Waals surface area contributed by atoms with E-state index in [-0.39, 0.29) is 19.1 Å². The molecule has 0 aliphatic heterocycles. The van der Waals surface area contributed by atoms with Crippen molar-refractivity contribution >= 4 is 13.7 Å². The quantitative estimate of drug-likeness (QED) is 0.0243. The summed E-state index contributed by atoms with van der Waals surface area (Å²) in [6.45, 7) is 4.83. The maximum absolute atomic E-state index is 13.0. The number of quaternary nitrogens is 1. The third-order valence-electron chi connectivity index (χ3n) is 15.1. The Balaban J connectivity index is 4.06. The predicted octanol–water partition coefficient (Wildman–Crippen LogP) is 20.5. The van der Waals surface area contributed by atoms with E-state index in [0.717, 1.165) is 44.9 Å². The second-order valence-corrected chi connectivity index (χ2v) is 25.3. The van der Waals surface area contributed by atoms with Gasteiger partial charge >= 0.3 is 7.82 Å². The molecule has 3 unspecified atom stereocenters. The third kappa shape index (κ3) is 60.2. The summed E-state index contributed by atoms with van der Waals surface area (Å²) in [6, 6.07) is -0.868. The Morgan fingerprint density at radius 2 is 0.733 bits per heavy atom. The van der Waals surface area contributed by atoms with Gasteiger partial charge in [0.15, 0.2) is 0 Å². The van der Waals surface area contributed by atoms with Crippen LogP contribution < -0.4 is 5.32 Å². The molecule has 0 aliphatic rings. The van der Waals surface area contributed by atoms with Crippen molar-refractivity contribution in [1.29, 1.82) is 0 Å². The van der Waals surface area contributed by atoms with Gasteiger partial charge in [-0.25, -0.2) is 4.57 Å². The first-order chi connectivity index (χ1) is 36.5. The number of carbonyl (C=O) groups is 1. The third-order valence-corrected chi connectivity index (χ3v) is 16.1. The van der Waals surface area contributed by atoms with Gasteiger partial charge in [-0.3, -0.25) is 13.8 Å². The second kappa shape index (κ2) is 57.4. The van der Waals surface area contributed by atoms with E-state index >= 15 is 0 Å². The zero-order valence-electron chi connectivity index (χ0n) is 50.8. The molecule has 0 fully saturated rings. The lowest BCUT2D eigenvalue weighted by Gasteiger charge is -2.25. The van der Waals surface area contributed by atoms with E-state index in [1.165, 1.54) is 263 Å². The van der Waals surface area contributed by atoms with E-state index in [1.54, 1.807) is 6.08 Å². The van der Waals surface area contributed by atoms with Gasteiger partial charge in [0.05, 0.1) is 39.9 Å². The largest absolute Gasteiger partial charge is 0.472 e. The number of aliphatic hydroxyl groups excluding tert-OH is 1.